The fraction of sp³-hybridized carbons (Fsp3) is 0.909. The molecule has 0 heterocycles. The molecule has 1 unspecified atom stereocenters. The van der Waals surface area contributed by atoms with E-state index in [4.69, 9.17) is 4.74 Å². The van der Waals surface area contributed by atoms with Gasteiger partial charge < -0.3 is 10.1 Å². The van der Waals surface area contributed by atoms with Crippen LogP contribution in [0.4, 0.5) is 0 Å². The topological polar surface area (TPSA) is 38.3 Å². The summed E-state index contributed by atoms with van der Waals surface area (Å²) in [5.41, 5.74) is 0. The van der Waals surface area contributed by atoms with Gasteiger partial charge in [-0.3, -0.25) is 4.79 Å². The van der Waals surface area contributed by atoms with Gasteiger partial charge in [0, 0.05) is 6.92 Å². The number of esters is 1. The third-order valence-corrected chi connectivity index (χ3v) is 2.39. The molecule has 0 rings (SSSR count). The molecule has 0 amide bonds. The summed E-state index contributed by atoms with van der Waals surface area (Å²) < 4.78 is 5.00. The first kappa shape index (κ1) is 17.2. The number of rotatable bonds is 8. The molecule has 0 aromatic heterocycles. The summed E-state index contributed by atoms with van der Waals surface area (Å²) >= 11 is 0. The van der Waals surface area contributed by atoms with Crippen LogP contribution in [0.1, 0.15) is 39.5 Å². The number of carbonyl (C=O) groups is 1. The van der Waals surface area contributed by atoms with Gasteiger partial charge in [-0.05, 0) is 32.4 Å². The Morgan fingerprint density at radius 3 is 2.53 bits per heavy atom. The second-order valence-corrected chi connectivity index (χ2v) is 3.68. The summed E-state index contributed by atoms with van der Waals surface area (Å²) in [4.78, 5) is 10.6. The molecule has 0 fully saturated rings. The molecule has 0 aliphatic carbocycles. The zero-order valence-electron chi connectivity index (χ0n) is 10.1. The van der Waals surface area contributed by atoms with Crippen LogP contribution in [0.3, 0.4) is 0 Å². The van der Waals surface area contributed by atoms with Crippen LogP contribution in [-0.2, 0) is 9.53 Å². The summed E-state index contributed by atoms with van der Waals surface area (Å²) in [5, 5.41) is 3.12. The van der Waals surface area contributed by atoms with E-state index in [2.05, 4.69) is 12.2 Å². The third-order valence-electron chi connectivity index (χ3n) is 2.39. The fourth-order valence-electron chi connectivity index (χ4n) is 1.38. The predicted octanol–water partition coefficient (Wildman–Crippen LogP) is 2.08. The lowest BCUT2D eigenvalue weighted by atomic mass is 10.0. The van der Waals surface area contributed by atoms with Crippen molar-refractivity contribution < 1.29 is 9.53 Å². The number of hydrogen-bond acceptors (Lipinski definition) is 3. The van der Waals surface area contributed by atoms with Crippen LogP contribution in [0, 0.1) is 5.92 Å². The predicted molar refractivity (Wildman–Crippen MR) is 68.6 cm³/mol. The van der Waals surface area contributed by atoms with Crippen molar-refractivity contribution in [2.75, 3.05) is 20.2 Å². The lowest BCUT2D eigenvalue weighted by Gasteiger charge is -2.13. The van der Waals surface area contributed by atoms with E-state index in [1.54, 1.807) is 0 Å². The smallest absolute Gasteiger partial charge is 0.302 e. The SMILES string of the molecule is CCC(CCCCNC)COC(C)=O.S. The number of nitrogens with one attached hydrogen (secondary N) is 1. The molecule has 4 heteroatoms. The summed E-state index contributed by atoms with van der Waals surface area (Å²) in [6, 6.07) is 0. The normalized spacial score (nSPS) is 11.7. The molecule has 0 aromatic carbocycles. The second-order valence-electron chi connectivity index (χ2n) is 3.68. The van der Waals surface area contributed by atoms with E-state index in [1.807, 2.05) is 7.05 Å². The Morgan fingerprint density at radius 2 is 2.07 bits per heavy atom. The molecular formula is C11H25NO2S. The summed E-state index contributed by atoms with van der Waals surface area (Å²) in [7, 11) is 1.97. The van der Waals surface area contributed by atoms with Crippen molar-refractivity contribution in [3.05, 3.63) is 0 Å². The van der Waals surface area contributed by atoms with Gasteiger partial charge in [0.25, 0.3) is 0 Å². The molecule has 0 aliphatic heterocycles. The Labute approximate surface area is 100 Å². The second kappa shape index (κ2) is 11.9. The van der Waals surface area contributed by atoms with Gasteiger partial charge in [0.1, 0.15) is 0 Å². The average molecular weight is 235 g/mol. The van der Waals surface area contributed by atoms with E-state index in [-0.39, 0.29) is 19.5 Å². The maximum atomic E-state index is 10.6. The van der Waals surface area contributed by atoms with Crippen molar-refractivity contribution in [3.63, 3.8) is 0 Å². The molecular weight excluding hydrogens is 210 g/mol. The van der Waals surface area contributed by atoms with Crippen molar-refractivity contribution in [2.45, 2.75) is 39.5 Å². The Morgan fingerprint density at radius 1 is 1.40 bits per heavy atom. The lowest BCUT2D eigenvalue weighted by Crippen LogP contribution is -2.13. The Bertz CT molecular complexity index is 154. The molecule has 3 nitrogen and oxygen atoms in total. The van der Waals surface area contributed by atoms with Gasteiger partial charge in [0.2, 0.25) is 0 Å². The number of unbranched alkanes of at least 4 members (excludes halogenated alkanes) is 1. The summed E-state index contributed by atoms with van der Waals surface area (Å²) in [6.07, 6.45) is 4.66. The van der Waals surface area contributed by atoms with E-state index in [9.17, 15) is 4.79 Å². The van der Waals surface area contributed by atoms with Gasteiger partial charge in [-0.1, -0.05) is 19.8 Å². The van der Waals surface area contributed by atoms with Crippen molar-refractivity contribution in [1.82, 2.24) is 5.32 Å². The Balaban J connectivity index is 0. The van der Waals surface area contributed by atoms with Crippen LogP contribution < -0.4 is 5.32 Å². The highest BCUT2D eigenvalue weighted by Crippen LogP contribution is 2.12. The Hall–Kier alpha value is -0.220. The molecule has 0 aromatic rings. The van der Waals surface area contributed by atoms with Gasteiger partial charge in [0.05, 0.1) is 6.61 Å². The minimum absolute atomic E-state index is 0. The molecule has 0 saturated carbocycles. The highest BCUT2D eigenvalue weighted by molar-refractivity contribution is 7.59. The first-order valence-electron chi connectivity index (χ1n) is 5.48. The third kappa shape index (κ3) is 11.7. The van der Waals surface area contributed by atoms with Gasteiger partial charge in [-0.15, -0.1) is 0 Å². The lowest BCUT2D eigenvalue weighted by molar-refractivity contribution is -0.142. The van der Waals surface area contributed by atoms with E-state index >= 15 is 0 Å². The minimum Gasteiger partial charge on any atom is -0.466 e. The van der Waals surface area contributed by atoms with Gasteiger partial charge in [-0.25, -0.2) is 0 Å². The number of hydrogen-bond donors (Lipinski definition) is 1. The maximum Gasteiger partial charge on any atom is 0.302 e. The van der Waals surface area contributed by atoms with Crippen LogP contribution in [0.25, 0.3) is 0 Å². The maximum absolute atomic E-state index is 10.6. The first-order chi connectivity index (χ1) is 6.70. The summed E-state index contributed by atoms with van der Waals surface area (Å²) in [5.74, 6) is 0.370. The van der Waals surface area contributed by atoms with Crippen LogP contribution >= 0.6 is 13.5 Å². The van der Waals surface area contributed by atoms with Crippen LogP contribution in [0.2, 0.25) is 0 Å². The van der Waals surface area contributed by atoms with Crippen molar-refractivity contribution >= 4 is 19.5 Å². The average Bonchev–Trinajstić information content (AvgIpc) is 2.16. The highest BCUT2D eigenvalue weighted by atomic mass is 32.1. The van der Waals surface area contributed by atoms with Crippen molar-refractivity contribution in [1.29, 1.82) is 0 Å². The quantitative estimate of drug-likeness (QED) is 0.517. The van der Waals surface area contributed by atoms with Gasteiger partial charge in [0.15, 0.2) is 0 Å². The minimum atomic E-state index is -0.168. The highest BCUT2D eigenvalue weighted by Gasteiger charge is 2.07. The molecule has 0 aliphatic rings. The monoisotopic (exact) mass is 235 g/mol. The molecule has 0 bridgehead atoms. The molecule has 92 valence electrons. The number of ether oxygens (including phenoxy) is 1. The number of carbonyl (C=O) groups excluding carboxylic acids is 1. The van der Waals surface area contributed by atoms with Crippen LogP contribution in [-0.4, -0.2) is 26.2 Å². The van der Waals surface area contributed by atoms with E-state index in [0.717, 1.165) is 19.4 Å². The van der Waals surface area contributed by atoms with E-state index in [1.165, 1.54) is 19.8 Å². The molecule has 1 atom stereocenters. The van der Waals surface area contributed by atoms with Gasteiger partial charge >= 0.3 is 5.97 Å². The molecule has 1 N–H and O–H groups in total. The van der Waals surface area contributed by atoms with Crippen molar-refractivity contribution in [2.24, 2.45) is 5.92 Å². The van der Waals surface area contributed by atoms with Crippen LogP contribution in [0.15, 0.2) is 0 Å². The van der Waals surface area contributed by atoms with E-state index in [0.29, 0.717) is 12.5 Å². The molecule has 15 heavy (non-hydrogen) atoms. The van der Waals surface area contributed by atoms with Gasteiger partial charge in [-0.2, -0.15) is 13.5 Å². The largest absolute Gasteiger partial charge is 0.466 e. The molecule has 0 radical (unpaired) electrons. The zero-order valence-corrected chi connectivity index (χ0v) is 11.1. The molecule has 0 saturated heterocycles. The van der Waals surface area contributed by atoms with Crippen LogP contribution in [0.5, 0.6) is 0 Å². The van der Waals surface area contributed by atoms with E-state index < -0.39 is 0 Å². The first-order valence-corrected chi connectivity index (χ1v) is 5.48. The zero-order chi connectivity index (χ0) is 10.8. The fourth-order valence-corrected chi connectivity index (χ4v) is 1.38. The standard InChI is InChI=1S/C11H23NO2.H2S/c1-4-11(9-14-10(2)13)7-5-6-8-12-3;/h11-12H,4-9H2,1-3H3;1H2. The van der Waals surface area contributed by atoms with Crippen molar-refractivity contribution in [3.8, 4) is 0 Å². The molecule has 0 spiro atoms. The summed E-state index contributed by atoms with van der Waals surface area (Å²) in [6.45, 7) is 5.27. The Kier molecular flexibility index (Phi) is 13.6.